The van der Waals surface area contributed by atoms with Gasteiger partial charge in [-0.05, 0) is 48.0 Å². The van der Waals surface area contributed by atoms with E-state index in [-0.39, 0.29) is 17.3 Å². The zero-order valence-corrected chi connectivity index (χ0v) is 17.4. The van der Waals surface area contributed by atoms with E-state index in [2.05, 4.69) is 10.0 Å². The van der Waals surface area contributed by atoms with Gasteiger partial charge in [-0.15, -0.1) is 0 Å². The maximum atomic E-state index is 12.5. The van der Waals surface area contributed by atoms with E-state index in [4.69, 9.17) is 9.47 Å². The van der Waals surface area contributed by atoms with Gasteiger partial charge in [0.05, 0.1) is 19.1 Å². The normalized spacial score (nSPS) is 10.9. The molecule has 0 aromatic heterocycles. The fourth-order valence-electron chi connectivity index (χ4n) is 2.81. The van der Waals surface area contributed by atoms with Crippen molar-refractivity contribution in [2.24, 2.45) is 0 Å². The third-order valence-corrected chi connectivity index (χ3v) is 5.73. The first-order valence-corrected chi connectivity index (χ1v) is 10.6. The first kappa shape index (κ1) is 21.2. The zero-order valence-electron chi connectivity index (χ0n) is 16.6. The molecule has 3 rings (SSSR count). The van der Waals surface area contributed by atoms with Crippen LogP contribution in [0.25, 0.3) is 0 Å². The minimum Gasteiger partial charge on any atom is -0.493 e. The monoisotopic (exact) mass is 426 g/mol. The number of ether oxygens (including phenoxy) is 2. The van der Waals surface area contributed by atoms with Crippen LogP contribution in [-0.4, -0.2) is 28.5 Å². The molecule has 0 saturated carbocycles. The fourth-order valence-corrected chi connectivity index (χ4v) is 3.88. The smallest absolute Gasteiger partial charge is 0.261 e. The zero-order chi connectivity index (χ0) is 21.6. The Morgan fingerprint density at radius 1 is 0.867 bits per heavy atom. The van der Waals surface area contributed by atoms with Gasteiger partial charge in [0, 0.05) is 17.8 Å². The van der Waals surface area contributed by atoms with Crippen LogP contribution >= 0.6 is 0 Å². The highest BCUT2D eigenvalue weighted by Gasteiger charge is 2.15. The Morgan fingerprint density at radius 3 is 2.30 bits per heavy atom. The average Bonchev–Trinajstić information content (AvgIpc) is 2.77. The lowest BCUT2D eigenvalue weighted by Crippen LogP contribution is -2.23. The summed E-state index contributed by atoms with van der Waals surface area (Å²) in [6.45, 7) is 0.277. The minimum atomic E-state index is -3.73. The van der Waals surface area contributed by atoms with Gasteiger partial charge in [0.15, 0.2) is 11.5 Å². The van der Waals surface area contributed by atoms with Crippen molar-refractivity contribution in [2.75, 3.05) is 18.9 Å². The van der Waals surface area contributed by atoms with Crippen LogP contribution in [0.3, 0.4) is 0 Å². The molecule has 0 bridgehead atoms. The molecule has 0 saturated heterocycles. The molecule has 0 aliphatic heterocycles. The van der Waals surface area contributed by atoms with E-state index in [0.29, 0.717) is 22.7 Å². The van der Waals surface area contributed by atoms with Crippen molar-refractivity contribution < 1.29 is 22.7 Å². The van der Waals surface area contributed by atoms with E-state index in [0.717, 1.165) is 5.56 Å². The van der Waals surface area contributed by atoms with Crippen LogP contribution in [-0.2, 0) is 16.6 Å². The van der Waals surface area contributed by atoms with Gasteiger partial charge in [-0.2, -0.15) is 0 Å². The number of amides is 1. The second-order valence-corrected chi connectivity index (χ2v) is 8.05. The second kappa shape index (κ2) is 9.32. The quantitative estimate of drug-likeness (QED) is 0.576. The van der Waals surface area contributed by atoms with Crippen molar-refractivity contribution in [1.82, 2.24) is 5.32 Å². The largest absolute Gasteiger partial charge is 0.493 e. The Morgan fingerprint density at radius 2 is 1.60 bits per heavy atom. The summed E-state index contributed by atoms with van der Waals surface area (Å²) in [6.07, 6.45) is 0. The van der Waals surface area contributed by atoms with Gasteiger partial charge in [0.2, 0.25) is 0 Å². The molecular formula is C22H22N2O5S. The maximum Gasteiger partial charge on any atom is 0.261 e. The predicted octanol–water partition coefficient (Wildman–Crippen LogP) is 3.43. The predicted molar refractivity (Wildman–Crippen MR) is 114 cm³/mol. The van der Waals surface area contributed by atoms with Gasteiger partial charge in [-0.1, -0.05) is 30.3 Å². The molecule has 0 fully saturated rings. The van der Waals surface area contributed by atoms with Crippen molar-refractivity contribution in [1.29, 1.82) is 0 Å². The Kier molecular flexibility index (Phi) is 6.58. The van der Waals surface area contributed by atoms with Gasteiger partial charge in [0.25, 0.3) is 15.9 Å². The third kappa shape index (κ3) is 5.09. The molecule has 0 unspecified atom stereocenters. The lowest BCUT2D eigenvalue weighted by molar-refractivity contribution is 0.0951. The van der Waals surface area contributed by atoms with Crippen molar-refractivity contribution >= 4 is 21.6 Å². The fraction of sp³-hybridized carbons (Fsp3) is 0.136. The van der Waals surface area contributed by atoms with E-state index in [1.807, 2.05) is 6.07 Å². The third-order valence-electron chi connectivity index (χ3n) is 4.33. The summed E-state index contributed by atoms with van der Waals surface area (Å²) in [6, 6.07) is 19.7. The number of carbonyl (C=O) groups is 1. The summed E-state index contributed by atoms with van der Waals surface area (Å²) in [5.41, 5.74) is 1.48. The number of nitrogens with one attached hydrogen (secondary N) is 2. The Labute approximate surface area is 175 Å². The molecule has 1 amide bonds. The van der Waals surface area contributed by atoms with Crippen LogP contribution in [0, 0.1) is 0 Å². The molecule has 0 atom stereocenters. The highest BCUT2D eigenvalue weighted by Crippen LogP contribution is 2.27. The van der Waals surface area contributed by atoms with Crippen LogP contribution < -0.4 is 19.5 Å². The Bertz CT molecular complexity index is 1130. The van der Waals surface area contributed by atoms with Crippen molar-refractivity contribution in [3.05, 3.63) is 83.9 Å². The summed E-state index contributed by atoms with van der Waals surface area (Å²) < 4.78 is 37.9. The van der Waals surface area contributed by atoms with Gasteiger partial charge in [-0.3, -0.25) is 9.52 Å². The number of rotatable bonds is 8. The highest BCUT2D eigenvalue weighted by atomic mass is 32.2. The number of hydrogen-bond acceptors (Lipinski definition) is 5. The lowest BCUT2D eigenvalue weighted by Gasteiger charge is -2.11. The SMILES string of the molecule is COc1ccc(CNC(=O)c2cccc(NS(=O)(=O)c3ccccc3)c2)cc1OC. The lowest BCUT2D eigenvalue weighted by atomic mass is 10.1. The molecule has 2 N–H and O–H groups in total. The Balaban J connectivity index is 1.69. The molecule has 7 nitrogen and oxygen atoms in total. The molecule has 0 spiro atoms. The van der Waals surface area contributed by atoms with Crippen LogP contribution in [0.15, 0.2) is 77.7 Å². The number of carbonyl (C=O) groups excluding carboxylic acids is 1. The van der Waals surface area contributed by atoms with E-state index in [1.54, 1.807) is 62.8 Å². The van der Waals surface area contributed by atoms with Crippen LogP contribution in [0.4, 0.5) is 5.69 Å². The minimum absolute atomic E-state index is 0.147. The molecule has 3 aromatic carbocycles. The molecule has 156 valence electrons. The molecule has 0 heterocycles. The summed E-state index contributed by atoms with van der Waals surface area (Å²) >= 11 is 0. The van der Waals surface area contributed by atoms with E-state index >= 15 is 0 Å². The first-order valence-electron chi connectivity index (χ1n) is 9.10. The highest BCUT2D eigenvalue weighted by molar-refractivity contribution is 7.92. The molecule has 0 aliphatic carbocycles. The topological polar surface area (TPSA) is 93.7 Å². The second-order valence-electron chi connectivity index (χ2n) is 6.37. The molecule has 8 heteroatoms. The summed E-state index contributed by atoms with van der Waals surface area (Å²) in [5, 5.41) is 2.81. The Hall–Kier alpha value is -3.52. The number of sulfonamides is 1. The van der Waals surface area contributed by atoms with Crippen LogP contribution in [0.5, 0.6) is 11.5 Å². The number of anilines is 1. The van der Waals surface area contributed by atoms with Crippen molar-refractivity contribution in [3.8, 4) is 11.5 Å². The first-order chi connectivity index (χ1) is 14.4. The standard InChI is InChI=1S/C22H22N2O5S/c1-28-20-12-11-16(13-21(20)29-2)15-23-22(25)17-7-6-8-18(14-17)24-30(26,27)19-9-4-3-5-10-19/h3-14,24H,15H2,1-2H3,(H,23,25). The van der Waals surface area contributed by atoms with Gasteiger partial charge >= 0.3 is 0 Å². The van der Waals surface area contributed by atoms with Gasteiger partial charge in [0.1, 0.15) is 0 Å². The van der Waals surface area contributed by atoms with Crippen molar-refractivity contribution in [2.45, 2.75) is 11.4 Å². The molecule has 0 aliphatic rings. The number of benzene rings is 3. The summed E-state index contributed by atoms with van der Waals surface area (Å²) in [5.74, 6) is 0.845. The molecular weight excluding hydrogens is 404 g/mol. The molecule has 30 heavy (non-hydrogen) atoms. The molecule has 3 aromatic rings. The van der Waals surface area contributed by atoms with Gasteiger partial charge in [-0.25, -0.2) is 8.42 Å². The van der Waals surface area contributed by atoms with Crippen LogP contribution in [0.1, 0.15) is 15.9 Å². The van der Waals surface area contributed by atoms with E-state index in [9.17, 15) is 13.2 Å². The van der Waals surface area contributed by atoms with Gasteiger partial charge < -0.3 is 14.8 Å². The number of hydrogen-bond donors (Lipinski definition) is 2. The van der Waals surface area contributed by atoms with Crippen LogP contribution in [0.2, 0.25) is 0 Å². The van der Waals surface area contributed by atoms with E-state index < -0.39 is 10.0 Å². The number of methoxy groups -OCH3 is 2. The van der Waals surface area contributed by atoms with Crippen molar-refractivity contribution in [3.63, 3.8) is 0 Å². The average molecular weight is 426 g/mol. The summed E-state index contributed by atoms with van der Waals surface area (Å²) in [7, 11) is -0.635. The summed E-state index contributed by atoms with van der Waals surface area (Å²) in [4.78, 5) is 12.7. The maximum absolute atomic E-state index is 12.5. The molecule has 0 radical (unpaired) electrons. The van der Waals surface area contributed by atoms with E-state index in [1.165, 1.54) is 18.2 Å².